The summed E-state index contributed by atoms with van der Waals surface area (Å²) in [5, 5.41) is 6.01. The van der Waals surface area contributed by atoms with E-state index in [4.69, 9.17) is 9.47 Å². The molecule has 0 fully saturated rings. The second-order valence-corrected chi connectivity index (χ2v) is 4.85. The van der Waals surface area contributed by atoms with Crippen LogP contribution in [0.3, 0.4) is 0 Å². The molecule has 0 aliphatic heterocycles. The van der Waals surface area contributed by atoms with Crippen LogP contribution >= 0.6 is 0 Å². The summed E-state index contributed by atoms with van der Waals surface area (Å²) in [4.78, 5) is 0. The first-order valence-electron chi connectivity index (χ1n) is 7.05. The van der Waals surface area contributed by atoms with Crippen molar-refractivity contribution >= 4 is 10.8 Å². The summed E-state index contributed by atoms with van der Waals surface area (Å²) in [5.74, 6) is 0. The van der Waals surface area contributed by atoms with Crippen LogP contribution in [0.4, 0.5) is 0 Å². The maximum Gasteiger partial charge on any atom is 0.172 e. The smallest absolute Gasteiger partial charge is 0.172 e. The number of fused-ring (bicyclic) bond motifs is 1. The molecule has 1 N–H and O–H groups in total. The van der Waals surface area contributed by atoms with E-state index >= 15 is 0 Å². The van der Waals surface area contributed by atoms with Crippen molar-refractivity contribution in [2.75, 3.05) is 20.8 Å². The third kappa shape index (κ3) is 3.37. The Morgan fingerprint density at radius 2 is 1.70 bits per heavy atom. The van der Waals surface area contributed by atoms with Crippen LogP contribution in [-0.2, 0) is 15.9 Å². The summed E-state index contributed by atoms with van der Waals surface area (Å²) in [6.07, 6.45) is 0.635. The summed E-state index contributed by atoms with van der Waals surface area (Å²) in [6.45, 7) is 2.98. The zero-order chi connectivity index (χ0) is 14.4. The molecule has 0 bridgehead atoms. The van der Waals surface area contributed by atoms with Gasteiger partial charge in [-0.25, -0.2) is 0 Å². The van der Waals surface area contributed by atoms with E-state index in [-0.39, 0.29) is 12.3 Å². The number of hydrogen-bond acceptors (Lipinski definition) is 3. The Morgan fingerprint density at radius 3 is 2.40 bits per heavy atom. The Hall–Kier alpha value is -1.42. The molecule has 2 aromatic rings. The predicted octanol–water partition coefficient (Wildman–Crippen LogP) is 2.98. The number of likely N-dealkylation sites (N-methyl/N-ethyl adjacent to an activating group) is 1. The van der Waals surface area contributed by atoms with E-state index in [0.29, 0.717) is 0 Å². The lowest BCUT2D eigenvalue weighted by Crippen LogP contribution is -2.43. The Kier molecular flexibility index (Phi) is 5.53. The molecule has 0 amide bonds. The van der Waals surface area contributed by atoms with Gasteiger partial charge in [-0.2, -0.15) is 0 Å². The number of nitrogens with one attached hydrogen (secondary N) is 1. The highest BCUT2D eigenvalue weighted by Gasteiger charge is 2.20. The zero-order valence-corrected chi connectivity index (χ0v) is 12.4. The lowest BCUT2D eigenvalue weighted by molar-refractivity contribution is -0.122. The van der Waals surface area contributed by atoms with E-state index in [2.05, 4.69) is 54.7 Å². The number of ether oxygens (including phenoxy) is 2. The summed E-state index contributed by atoms with van der Waals surface area (Å²) >= 11 is 0. The minimum atomic E-state index is -0.242. The van der Waals surface area contributed by atoms with Gasteiger partial charge in [0.25, 0.3) is 0 Å². The molecule has 0 spiro atoms. The van der Waals surface area contributed by atoms with Crippen LogP contribution in [0, 0.1) is 0 Å². The van der Waals surface area contributed by atoms with Gasteiger partial charge in [0.2, 0.25) is 0 Å². The van der Waals surface area contributed by atoms with Gasteiger partial charge in [0.15, 0.2) is 6.29 Å². The molecule has 2 aromatic carbocycles. The van der Waals surface area contributed by atoms with Crippen LogP contribution < -0.4 is 5.32 Å². The average molecular weight is 273 g/mol. The predicted molar refractivity (Wildman–Crippen MR) is 82.9 cm³/mol. The lowest BCUT2D eigenvalue weighted by Gasteiger charge is -2.26. The molecular formula is C17H23NO2. The fraction of sp³-hybridized carbons (Fsp3) is 0.412. The molecule has 3 nitrogen and oxygen atoms in total. The number of methoxy groups -OCH3 is 2. The van der Waals surface area contributed by atoms with Crippen LogP contribution in [-0.4, -0.2) is 33.1 Å². The third-order valence-electron chi connectivity index (χ3n) is 3.58. The topological polar surface area (TPSA) is 30.5 Å². The van der Waals surface area contributed by atoms with Gasteiger partial charge in [-0.15, -0.1) is 0 Å². The summed E-state index contributed by atoms with van der Waals surface area (Å²) in [5.41, 5.74) is 1.31. The molecule has 0 radical (unpaired) electrons. The monoisotopic (exact) mass is 273 g/mol. The number of rotatable bonds is 7. The fourth-order valence-electron chi connectivity index (χ4n) is 2.66. The Balaban J connectivity index is 2.28. The quantitative estimate of drug-likeness (QED) is 0.787. The molecule has 20 heavy (non-hydrogen) atoms. The molecule has 0 aliphatic carbocycles. The van der Waals surface area contributed by atoms with E-state index in [1.807, 2.05) is 0 Å². The lowest BCUT2D eigenvalue weighted by atomic mass is 9.98. The fourth-order valence-corrected chi connectivity index (χ4v) is 2.66. The minimum Gasteiger partial charge on any atom is -0.354 e. The number of benzene rings is 2. The first-order chi connectivity index (χ1) is 9.80. The van der Waals surface area contributed by atoms with Crippen LogP contribution in [0.15, 0.2) is 42.5 Å². The van der Waals surface area contributed by atoms with Gasteiger partial charge >= 0.3 is 0 Å². The van der Waals surface area contributed by atoms with Gasteiger partial charge in [-0.05, 0) is 29.3 Å². The highest BCUT2D eigenvalue weighted by molar-refractivity contribution is 5.85. The van der Waals surface area contributed by atoms with Crippen molar-refractivity contribution < 1.29 is 9.47 Å². The summed E-state index contributed by atoms with van der Waals surface area (Å²) in [7, 11) is 3.36. The van der Waals surface area contributed by atoms with Crippen molar-refractivity contribution in [3.8, 4) is 0 Å². The maximum absolute atomic E-state index is 5.41. The van der Waals surface area contributed by atoms with Crippen molar-refractivity contribution in [1.29, 1.82) is 0 Å². The van der Waals surface area contributed by atoms with Crippen LogP contribution in [0.2, 0.25) is 0 Å². The van der Waals surface area contributed by atoms with Crippen LogP contribution in [0.5, 0.6) is 0 Å². The molecule has 0 saturated carbocycles. The van der Waals surface area contributed by atoms with Crippen molar-refractivity contribution in [2.24, 2.45) is 0 Å². The van der Waals surface area contributed by atoms with E-state index in [1.54, 1.807) is 14.2 Å². The maximum atomic E-state index is 5.41. The standard InChI is InChI=1S/C17H23NO2/c1-4-18-16(17(19-2)20-3)12-14-10-7-9-13-8-5-6-11-15(13)14/h5-11,16-18H,4,12H2,1-3H3. The molecule has 3 heteroatoms. The van der Waals surface area contributed by atoms with Crippen molar-refractivity contribution in [3.63, 3.8) is 0 Å². The van der Waals surface area contributed by atoms with E-state index < -0.39 is 0 Å². The highest BCUT2D eigenvalue weighted by atomic mass is 16.7. The molecule has 0 saturated heterocycles. The van der Waals surface area contributed by atoms with Gasteiger partial charge in [0.05, 0.1) is 6.04 Å². The van der Waals surface area contributed by atoms with Gasteiger partial charge in [-0.1, -0.05) is 49.4 Å². The molecule has 108 valence electrons. The van der Waals surface area contributed by atoms with Crippen molar-refractivity contribution in [1.82, 2.24) is 5.32 Å². The first-order valence-corrected chi connectivity index (χ1v) is 7.05. The van der Waals surface area contributed by atoms with E-state index in [9.17, 15) is 0 Å². The van der Waals surface area contributed by atoms with Crippen molar-refractivity contribution in [2.45, 2.75) is 25.7 Å². The van der Waals surface area contributed by atoms with Gasteiger partial charge in [0.1, 0.15) is 0 Å². The minimum absolute atomic E-state index is 0.140. The van der Waals surface area contributed by atoms with Crippen LogP contribution in [0.1, 0.15) is 12.5 Å². The third-order valence-corrected chi connectivity index (χ3v) is 3.58. The zero-order valence-electron chi connectivity index (χ0n) is 12.4. The summed E-state index contributed by atoms with van der Waals surface area (Å²) < 4.78 is 10.8. The molecular weight excluding hydrogens is 250 g/mol. The molecule has 0 aromatic heterocycles. The number of hydrogen-bond donors (Lipinski definition) is 1. The van der Waals surface area contributed by atoms with Crippen molar-refractivity contribution in [3.05, 3.63) is 48.0 Å². The van der Waals surface area contributed by atoms with Gasteiger partial charge in [0, 0.05) is 14.2 Å². The summed E-state index contributed by atoms with van der Waals surface area (Å²) in [6, 6.07) is 15.0. The SMILES string of the molecule is CCNC(Cc1cccc2ccccc12)C(OC)OC. The Labute approximate surface area is 120 Å². The first kappa shape index (κ1) is 15.0. The second-order valence-electron chi connectivity index (χ2n) is 4.85. The van der Waals surface area contributed by atoms with Crippen LogP contribution in [0.25, 0.3) is 10.8 Å². The van der Waals surface area contributed by atoms with Gasteiger partial charge < -0.3 is 14.8 Å². The highest BCUT2D eigenvalue weighted by Crippen LogP contribution is 2.20. The van der Waals surface area contributed by atoms with Gasteiger partial charge in [-0.3, -0.25) is 0 Å². The molecule has 0 heterocycles. The normalized spacial score (nSPS) is 13.0. The van der Waals surface area contributed by atoms with E-state index in [0.717, 1.165) is 13.0 Å². The largest absolute Gasteiger partial charge is 0.354 e. The molecule has 1 unspecified atom stereocenters. The Morgan fingerprint density at radius 1 is 1.00 bits per heavy atom. The Bertz CT molecular complexity index is 532. The molecule has 1 atom stereocenters. The molecule has 2 rings (SSSR count). The average Bonchev–Trinajstić information content (AvgIpc) is 2.49. The molecule has 0 aliphatic rings. The van der Waals surface area contributed by atoms with E-state index in [1.165, 1.54) is 16.3 Å². The second kappa shape index (κ2) is 7.39.